The van der Waals surface area contributed by atoms with E-state index in [2.05, 4.69) is 16.0 Å². The van der Waals surface area contributed by atoms with Gasteiger partial charge in [-0.3, -0.25) is 4.79 Å². The van der Waals surface area contributed by atoms with Crippen molar-refractivity contribution in [2.75, 3.05) is 5.32 Å². The average molecular weight is 380 g/mol. The molecule has 1 amide bonds. The Balaban J connectivity index is 1.39. The van der Waals surface area contributed by atoms with Gasteiger partial charge in [-0.15, -0.1) is 0 Å². The quantitative estimate of drug-likeness (QED) is 0.555. The summed E-state index contributed by atoms with van der Waals surface area (Å²) in [5.74, 6) is 0.867. The first kappa shape index (κ1) is 18.5. The minimum Gasteiger partial charge on any atom is -0.331 e. The number of hydrogen-bond acceptors (Lipinski definition) is 3. The molecule has 0 saturated heterocycles. The molecule has 0 fully saturated rings. The summed E-state index contributed by atoms with van der Waals surface area (Å²) in [4.78, 5) is 17.0. The first-order valence-corrected chi connectivity index (χ1v) is 9.45. The van der Waals surface area contributed by atoms with Crippen LogP contribution in [-0.4, -0.2) is 15.5 Å². The number of nitrogens with one attached hydrogen (secondary N) is 1. The predicted octanol–water partition coefficient (Wildman–Crippen LogP) is 4.48. The van der Waals surface area contributed by atoms with Crippen molar-refractivity contribution < 1.29 is 4.79 Å². The number of carbonyl (C=O) groups excluding carboxylic acids is 1. The van der Waals surface area contributed by atoms with Gasteiger partial charge in [0.2, 0.25) is 0 Å². The van der Waals surface area contributed by atoms with E-state index in [-0.39, 0.29) is 5.91 Å². The summed E-state index contributed by atoms with van der Waals surface area (Å²) >= 11 is 0. The summed E-state index contributed by atoms with van der Waals surface area (Å²) in [7, 11) is 2.05. The van der Waals surface area contributed by atoms with Crippen molar-refractivity contribution in [2.45, 2.75) is 12.8 Å². The van der Waals surface area contributed by atoms with Gasteiger partial charge in [0.25, 0.3) is 5.91 Å². The number of anilines is 1. The molecule has 4 aromatic rings. The first-order chi connectivity index (χ1) is 14.1. The lowest BCUT2D eigenvalue weighted by Crippen LogP contribution is -2.11. The molecule has 29 heavy (non-hydrogen) atoms. The van der Waals surface area contributed by atoms with Crippen LogP contribution in [0.1, 0.15) is 27.3 Å². The molecule has 0 radical (unpaired) electrons. The normalized spacial score (nSPS) is 10.6. The molecule has 5 heteroatoms. The molecule has 1 heterocycles. The van der Waals surface area contributed by atoms with Gasteiger partial charge in [-0.1, -0.05) is 24.3 Å². The highest BCUT2D eigenvalue weighted by Crippen LogP contribution is 2.17. The molecule has 0 aliphatic rings. The van der Waals surface area contributed by atoms with Gasteiger partial charge < -0.3 is 9.88 Å². The maximum Gasteiger partial charge on any atom is 0.255 e. The fourth-order valence-electron chi connectivity index (χ4n) is 3.33. The van der Waals surface area contributed by atoms with E-state index >= 15 is 0 Å². The average Bonchev–Trinajstić information content (AvgIpc) is 3.09. The lowest BCUT2D eigenvalue weighted by Gasteiger charge is -2.07. The molecule has 1 aromatic heterocycles. The number of aryl methyl sites for hydroxylation is 3. The zero-order valence-corrected chi connectivity index (χ0v) is 16.1. The highest BCUT2D eigenvalue weighted by molar-refractivity contribution is 6.04. The van der Waals surface area contributed by atoms with Crippen LogP contribution in [-0.2, 0) is 19.9 Å². The Morgan fingerprint density at radius 3 is 2.41 bits per heavy atom. The van der Waals surface area contributed by atoms with Crippen molar-refractivity contribution in [3.05, 3.63) is 95.3 Å². The van der Waals surface area contributed by atoms with Crippen molar-refractivity contribution in [1.82, 2.24) is 9.55 Å². The summed E-state index contributed by atoms with van der Waals surface area (Å²) in [5.41, 5.74) is 5.15. The molecule has 3 aromatic carbocycles. The standard InChI is InChI=1S/C24H20N4O/c1-28-22-5-3-2-4-21(22)27-23(28)15-10-17-8-13-20(14-9-17)26-24(29)19-11-6-18(16-25)7-12-19/h2-9,11-14H,10,15H2,1H3,(H,26,29). The van der Waals surface area contributed by atoms with Crippen molar-refractivity contribution in [1.29, 1.82) is 5.26 Å². The van der Waals surface area contributed by atoms with Gasteiger partial charge in [-0.2, -0.15) is 5.26 Å². The van der Waals surface area contributed by atoms with E-state index in [1.807, 2.05) is 55.6 Å². The Morgan fingerprint density at radius 1 is 1.00 bits per heavy atom. The van der Waals surface area contributed by atoms with Crippen LogP contribution in [0.25, 0.3) is 11.0 Å². The fraction of sp³-hybridized carbons (Fsp3) is 0.125. The number of nitrogens with zero attached hydrogens (tertiary/aromatic N) is 3. The van der Waals surface area contributed by atoms with Crippen LogP contribution in [0.3, 0.4) is 0 Å². The number of imidazole rings is 1. The topological polar surface area (TPSA) is 70.7 Å². The summed E-state index contributed by atoms with van der Waals surface area (Å²) < 4.78 is 2.14. The maximum absolute atomic E-state index is 12.3. The smallest absolute Gasteiger partial charge is 0.255 e. The summed E-state index contributed by atoms with van der Waals surface area (Å²) in [6, 6.07) is 24.6. The Labute approximate surface area is 169 Å². The van der Waals surface area contributed by atoms with Gasteiger partial charge in [0.15, 0.2) is 0 Å². The maximum atomic E-state index is 12.3. The molecular formula is C24H20N4O. The van der Waals surface area contributed by atoms with E-state index in [0.717, 1.165) is 35.4 Å². The zero-order valence-electron chi connectivity index (χ0n) is 16.1. The minimum atomic E-state index is -0.193. The minimum absolute atomic E-state index is 0.193. The van der Waals surface area contributed by atoms with E-state index < -0.39 is 0 Å². The van der Waals surface area contributed by atoms with Crippen LogP contribution in [0, 0.1) is 11.3 Å². The van der Waals surface area contributed by atoms with Crippen molar-refractivity contribution >= 4 is 22.6 Å². The molecule has 1 N–H and O–H groups in total. The van der Waals surface area contributed by atoms with Crippen LogP contribution in [0.15, 0.2) is 72.8 Å². The van der Waals surface area contributed by atoms with Crippen LogP contribution in [0.2, 0.25) is 0 Å². The number of hydrogen-bond donors (Lipinski definition) is 1. The van der Waals surface area contributed by atoms with Gasteiger partial charge in [0.1, 0.15) is 5.82 Å². The van der Waals surface area contributed by atoms with Crippen LogP contribution in [0.4, 0.5) is 5.69 Å². The molecule has 4 rings (SSSR count). The van der Waals surface area contributed by atoms with Gasteiger partial charge in [-0.25, -0.2) is 4.98 Å². The molecule has 142 valence electrons. The highest BCUT2D eigenvalue weighted by Gasteiger charge is 2.08. The largest absolute Gasteiger partial charge is 0.331 e. The van der Waals surface area contributed by atoms with E-state index in [0.29, 0.717) is 11.1 Å². The number of amides is 1. The van der Waals surface area contributed by atoms with Crippen molar-refractivity contribution in [3.8, 4) is 6.07 Å². The van der Waals surface area contributed by atoms with Crippen LogP contribution < -0.4 is 5.32 Å². The molecule has 0 spiro atoms. The van der Waals surface area contributed by atoms with Gasteiger partial charge in [-0.05, 0) is 60.5 Å². The number of rotatable bonds is 5. The lowest BCUT2D eigenvalue weighted by molar-refractivity contribution is 0.102. The SMILES string of the molecule is Cn1c(CCc2ccc(NC(=O)c3ccc(C#N)cc3)cc2)nc2ccccc21. The second-order valence-corrected chi connectivity index (χ2v) is 6.92. The molecule has 5 nitrogen and oxygen atoms in total. The Morgan fingerprint density at radius 2 is 1.72 bits per heavy atom. The molecule has 0 saturated carbocycles. The van der Waals surface area contributed by atoms with Gasteiger partial charge in [0, 0.05) is 24.7 Å². The molecule has 0 unspecified atom stereocenters. The van der Waals surface area contributed by atoms with Crippen molar-refractivity contribution in [3.63, 3.8) is 0 Å². The number of fused-ring (bicyclic) bond motifs is 1. The van der Waals surface area contributed by atoms with Crippen molar-refractivity contribution in [2.24, 2.45) is 7.05 Å². The van der Waals surface area contributed by atoms with Crippen LogP contribution in [0.5, 0.6) is 0 Å². The monoisotopic (exact) mass is 380 g/mol. The number of carbonyl (C=O) groups is 1. The summed E-state index contributed by atoms with van der Waals surface area (Å²) in [5, 5.41) is 11.7. The second kappa shape index (κ2) is 7.99. The van der Waals surface area contributed by atoms with Gasteiger partial charge >= 0.3 is 0 Å². The second-order valence-electron chi connectivity index (χ2n) is 6.92. The van der Waals surface area contributed by atoms with E-state index in [4.69, 9.17) is 10.2 Å². The first-order valence-electron chi connectivity index (χ1n) is 9.45. The fourth-order valence-corrected chi connectivity index (χ4v) is 3.33. The number of para-hydroxylation sites is 2. The Kier molecular flexibility index (Phi) is 5.08. The summed E-state index contributed by atoms with van der Waals surface area (Å²) in [6.45, 7) is 0. The predicted molar refractivity (Wildman–Crippen MR) is 114 cm³/mol. The zero-order chi connectivity index (χ0) is 20.2. The highest BCUT2D eigenvalue weighted by atomic mass is 16.1. The number of nitriles is 1. The summed E-state index contributed by atoms with van der Waals surface area (Å²) in [6.07, 6.45) is 1.73. The Hall–Kier alpha value is -3.91. The van der Waals surface area contributed by atoms with E-state index in [1.54, 1.807) is 24.3 Å². The third-order valence-corrected chi connectivity index (χ3v) is 5.01. The molecule has 0 aliphatic heterocycles. The van der Waals surface area contributed by atoms with E-state index in [1.165, 1.54) is 5.56 Å². The molecule has 0 atom stereocenters. The third kappa shape index (κ3) is 4.02. The third-order valence-electron chi connectivity index (χ3n) is 5.01. The van der Waals surface area contributed by atoms with E-state index in [9.17, 15) is 4.79 Å². The Bertz CT molecular complexity index is 1200. The number of aromatic nitrogens is 2. The number of benzene rings is 3. The lowest BCUT2D eigenvalue weighted by atomic mass is 10.1. The molecule has 0 bridgehead atoms. The van der Waals surface area contributed by atoms with Crippen LogP contribution >= 0.6 is 0 Å². The molecular weight excluding hydrogens is 360 g/mol. The molecule has 0 aliphatic carbocycles. The van der Waals surface area contributed by atoms with Gasteiger partial charge in [0.05, 0.1) is 22.7 Å².